The molecule has 1 amide bonds. The Kier molecular flexibility index (Phi) is 5.35. The van der Waals surface area contributed by atoms with Gasteiger partial charge in [-0.2, -0.15) is 5.10 Å². The van der Waals surface area contributed by atoms with Crippen molar-refractivity contribution < 1.29 is 9.53 Å². The number of methoxy groups -OCH3 is 1. The molecular weight excluding hydrogens is 354 g/mol. The molecule has 1 aliphatic carbocycles. The van der Waals surface area contributed by atoms with Crippen molar-refractivity contribution in [3.63, 3.8) is 0 Å². The molecule has 1 saturated heterocycles. The Balaban J connectivity index is 1.53. The topological polar surface area (TPSA) is 72.3 Å². The molecule has 2 fully saturated rings. The smallest absolute Gasteiger partial charge is 0.223 e. The van der Waals surface area contributed by atoms with Crippen LogP contribution in [0.25, 0.3) is 0 Å². The summed E-state index contributed by atoms with van der Waals surface area (Å²) in [6, 6.07) is 6.19. The second kappa shape index (κ2) is 7.91. The Bertz CT molecular complexity index is 845. The zero-order chi connectivity index (χ0) is 19.7. The maximum Gasteiger partial charge on any atom is 0.223 e. The Morgan fingerprint density at radius 2 is 2.14 bits per heavy atom. The van der Waals surface area contributed by atoms with Crippen molar-refractivity contribution in [2.45, 2.75) is 38.1 Å². The number of carbonyl (C=O) groups is 1. The standard InChI is InChI=1S/C21H29N5O2/c1-14-17(13-23-25(14)2)21-16(11-20(27)26(21)9-10-28-3)12-22-19-6-4-5-18(24-19)15-7-8-15/h4-6,13,15-16,21H,7-12H2,1-3H3,(H,22,24)/t16-,21+/m1/s1. The van der Waals surface area contributed by atoms with Crippen LogP contribution in [-0.2, 0) is 16.6 Å². The lowest BCUT2D eigenvalue weighted by Crippen LogP contribution is -2.33. The molecule has 0 spiro atoms. The number of hydrogen-bond donors (Lipinski definition) is 1. The fraction of sp³-hybridized carbons (Fsp3) is 0.571. The number of anilines is 1. The van der Waals surface area contributed by atoms with E-state index in [1.807, 2.05) is 28.9 Å². The molecule has 0 aromatic carbocycles. The molecule has 1 saturated carbocycles. The maximum absolute atomic E-state index is 12.8. The van der Waals surface area contributed by atoms with Gasteiger partial charge in [-0.25, -0.2) is 4.98 Å². The van der Waals surface area contributed by atoms with Crippen molar-refractivity contribution in [3.05, 3.63) is 41.3 Å². The summed E-state index contributed by atoms with van der Waals surface area (Å²) < 4.78 is 7.11. The second-order valence-electron chi connectivity index (χ2n) is 7.90. The summed E-state index contributed by atoms with van der Waals surface area (Å²) in [5, 5.41) is 7.89. The third-order valence-corrected chi connectivity index (χ3v) is 5.98. The molecule has 0 unspecified atom stereocenters. The number of nitrogens with one attached hydrogen (secondary N) is 1. The lowest BCUT2D eigenvalue weighted by Gasteiger charge is -2.28. The van der Waals surface area contributed by atoms with Crippen LogP contribution in [-0.4, -0.2) is 52.4 Å². The van der Waals surface area contributed by atoms with Gasteiger partial charge in [0.1, 0.15) is 5.82 Å². The summed E-state index contributed by atoms with van der Waals surface area (Å²) in [6.45, 7) is 3.90. The normalized spacial score (nSPS) is 22.1. The van der Waals surface area contributed by atoms with Crippen molar-refractivity contribution in [1.82, 2.24) is 19.7 Å². The summed E-state index contributed by atoms with van der Waals surface area (Å²) in [4.78, 5) is 19.5. The highest BCUT2D eigenvalue weighted by Crippen LogP contribution is 2.40. The van der Waals surface area contributed by atoms with E-state index in [0.29, 0.717) is 32.0 Å². The molecule has 150 valence electrons. The van der Waals surface area contributed by atoms with E-state index in [0.717, 1.165) is 17.1 Å². The lowest BCUT2D eigenvalue weighted by molar-refractivity contribution is -0.129. The highest BCUT2D eigenvalue weighted by Gasteiger charge is 2.41. The largest absolute Gasteiger partial charge is 0.383 e. The van der Waals surface area contributed by atoms with Gasteiger partial charge < -0.3 is 15.0 Å². The molecule has 2 aliphatic rings. The number of likely N-dealkylation sites (tertiary alicyclic amines) is 1. The van der Waals surface area contributed by atoms with Gasteiger partial charge in [0.15, 0.2) is 0 Å². The first-order chi connectivity index (χ1) is 13.6. The van der Waals surface area contributed by atoms with Gasteiger partial charge in [0, 0.05) is 62.5 Å². The highest BCUT2D eigenvalue weighted by molar-refractivity contribution is 5.80. The molecular formula is C21H29N5O2. The van der Waals surface area contributed by atoms with E-state index in [1.165, 1.54) is 18.5 Å². The number of hydrogen-bond acceptors (Lipinski definition) is 5. The Hall–Kier alpha value is -2.41. The number of nitrogens with zero attached hydrogens (tertiary/aromatic N) is 4. The van der Waals surface area contributed by atoms with E-state index >= 15 is 0 Å². The average molecular weight is 383 g/mol. The minimum atomic E-state index is 0.00969. The first-order valence-corrected chi connectivity index (χ1v) is 10.1. The number of aromatic nitrogens is 3. The van der Waals surface area contributed by atoms with Crippen LogP contribution < -0.4 is 5.32 Å². The summed E-state index contributed by atoms with van der Waals surface area (Å²) in [5.74, 6) is 1.87. The van der Waals surface area contributed by atoms with Crippen LogP contribution in [0, 0.1) is 12.8 Å². The molecule has 1 N–H and O–H groups in total. The SMILES string of the molecule is COCCN1C(=O)C[C@H](CNc2cccc(C3CC3)n2)[C@H]1c1cnn(C)c1C. The fourth-order valence-electron chi connectivity index (χ4n) is 4.12. The van der Waals surface area contributed by atoms with E-state index in [9.17, 15) is 4.79 Å². The molecule has 7 nitrogen and oxygen atoms in total. The number of amides is 1. The zero-order valence-electron chi connectivity index (χ0n) is 16.9. The van der Waals surface area contributed by atoms with Gasteiger partial charge in [0.05, 0.1) is 18.8 Å². The zero-order valence-corrected chi connectivity index (χ0v) is 16.9. The van der Waals surface area contributed by atoms with Crippen molar-refractivity contribution in [2.75, 3.05) is 32.1 Å². The predicted molar refractivity (Wildman–Crippen MR) is 107 cm³/mol. The van der Waals surface area contributed by atoms with E-state index in [4.69, 9.17) is 9.72 Å². The molecule has 4 rings (SSSR count). The summed E-state index contributed by atoms with van der Waals surface area (Å²) in [5.41, 5.74) is 3.39. The van der Waals surface area contributed by atoms with Gasteiger partial charge in [0.25, 0.3) is 0 Å². The minimum absolute atomic E-state index is 0.00969. The highest BCUT2D eigenvalue weighted by atomic mass is 16.5. The molecule has 7 heteroatoms. The summed E-state index contributed by atoms with van der Waals surface area (Å²) in [6.07, 6.45) is 4.91. The first-order valence-electron chi connectivity index (χ1n) is 10.1. The Morgan fingerprint density at radius 3 is 2.82 bits per heavy atom. The molecule has 0 radical (unpaired) electrons. The second-order valence-corrected chi connectivity index (χ2v) is 7.90. The van der Waals surface area contributed by atoms with Gasteiger partial charge >= 0.3 is 0 Å². The number of aryl methyl sites for hydroxylation is 1. The van der Waals surface area contributed by atoms with Crippen LogP contribution in [0.4, 0.5) is 5.82 Å². The van der Waals surface area contributed by atoms with Crippen molar-refractivity contribution >= 4 is 11.7 Å². The van der Waals surface area contributed by atoms with Gasteiger partial charge in [-0.1, -0.05) is 6.07 Å². The number of rotatable bonds is 8. The van der Waals surface area contributed by atoms with Crippen molar-refractivity contribution in [1.29, 1.82) is 0 Å². The number of ether oxygens (including phenoxy) is 1. The minimum Gasteiger partial charge on any atom is -0.383 e. The van der Waals surface area contributed by atoms with Crippen molar-refractivity contribution in [2.24, 2.45) is 13.0 Å². The fourth-order valence-corrected chi connectivity index (χ4v) is 4.12. The van der Waals surface area contributed by atoms with Crippen LogP contribution in [0.15, 0.2) is 24.4 Å². The molecule has 28 heavy (non-hydrogen) atoms. The lowest BCUT2D eigenvalue weighted by atomic mass is 9.94. The van der Waals surface area contributed by atoms with E-state index in [1.54, 1.807) is 7.11 Å². The monoisotopic (exact) mass is 383 g/mol. The molecule has 1 aliphatic heterocycles. The quantitative estimate of drug-likeness (QED) is 0.759. The van der Waals surface area contributed by atoms with Gasteiger partial charge in [0.2, 0.25) is 5.91 Å². The average Bonchev–Trinajstić information content (AvgIpc) is 3.44. The van der Waals surface area contributed by atoms with Crippen LogP contribution in [0.3, 0.4) is 0 Å². The van der Waals surface area contributed by atoms with E-state index < -0.39 is 0 Å². The van der Waals surface area contributed by atoms with Gasteiger partial charge in [-0.05, 0) is 31.9 Å². The molecule has 2 atom stereocenters. The van der Waals surface area contributed by atoms with Crippen LogP contribution in [0.2, 0.25) is 0 Å². The van der Waals surface area contributed by atoms with Gasteiger partial charge in [-0.3, -0.25) is 9.48 Å². The third kappa shape index (κ3) is 3.76. The maximum atomic E-state index is 12.8. The third-order valence-electron chi connectivity index (χ3n) is 5.98. The van der Waals surface area contributed by atoms with Crippen molar-refractivity contribution in [3.8, 4) is 0 Å². The number of pyridine rings is 1. The van der Waals surface area contributed by atoms with Crippen LogP contribution in [0.5, 0.6) is 0 Å². The molecule has 2 aromatic heterocycles. The summed E-state index contributed by atoms with van der Waals surface area (Å²) in [7, 11) is 3.61. The van der Waals surface area contributed by atoms with Gasteiger partial charge in [-0.15, -0.1) is 0 Å². The molecule has 0 bridgehead atoms. The Labute approximate surface area is 166 Å². The first kappa shape index (κ1) is 18.9. The van der Waals surface area contributed by atoms with Crippen LogP contribution >= 0.6 is 0 Å². The predicted octanol–water partition coefficient (Wildman–Crippen LogP) is 2.65. The molecule has 2 aromatic rings. The van der Waals surface area contributed by atoms with E-state index in [2.05, 4.69) is 29.5 Å². The molecule has 3 heterocycles. The Morgan fingerprint density at radius 1 is 1.32 bits per heavy atom. The van der Waals surface area contributed by atoms with E-state index in [-0.39, 0.29) is 17.9 Å². The summed E-state index contributed by atoms with van der Waals surface area (Å²) >= 11 is 0. The van der Waals surface area contributed by atoms with Crippen LogP contribution in [0.1, 0.15) is 48.2 Å². The number of carbonyl (C=O) groups excluding carboxylic acids is 1.